The molecule has 1 atom stereocenters. The van der Waals surface area contributed by atoms with Gasteiger partial charge in [-0.1, -0.05) is 23.2 Å². The fraction of sp³-hybridized carbons (Fsp3) is 0.300. The molecule has 0 saturated heterocycles. The van der Waals surface area contributed by atoms with Crippen molar-refractivity contribution in [3.05, 3.63) is 28.2 Å². The third-order valence-electron chi connectivity index (χ3n) is 1.96. The van der Waals surface area contributed by atoms with E-state index in [2.05, 4.69) is 4.72 Å². The number of sulfonamides is 1. The second kappa shape index (κ2) is 5.69. The first kappa shape index (κ1) is 14.3. The SMILES string of the molecule is CC(CC#N)NS(=O)(=O)c1ccc(Cl)c(Cl)c1. The molecule has 1 N–H and O–H groups in total. The van der Waals surface area contributed by atoms with Crippen LogP contribution in [0, 0.1) is 11.3 Å². The monoisotopic (exact) mass is 292 g/mol. The maximum atomic E-state index is 11.9. The maximum Gasteiger partial charge on any atom is 0.240 e. The van der Waals surface area contributed by atoms with E-state index in [4.69, 9.17) is 28.5 Å². The van der Waals surface area contributed by atoms with E-state index in [1.54, 1.807) is 6.92 Å². The van der Waals surface area contributed by atoms with Crippen LogP contribution in [0.25, 0.3) is 0 Å². The van der Waals surface area contributed by atoms with Crippen LogP contribution in [0.1, 0.15) is 13.3 Å². The van der Waals surface area contributed by atoms with Gasteiger partial charge in [-0.3, -0.25) is 0 Å². The highest BCUT2D eigenvalue weighted by Crippen LogP contribution is 2.24. The van der Waals surface area contributed by atoms with Crippen LogP contribution in [0.3, 0.4) is 0 Å². The lowest BCUT2D eigenvalue weighted by Crippen LogP contribution is -2.32. The second-order valence-electron chi connectivity index (χ2n) is 3.46. The molecule has 0 saturated carbocycles. The van der Waals surface area contributed by atoms with E-state index in [1.165, 1.54) is 18.2 Å². The van der Waals surface area contributed by atoms with E-state index < -0.39 is 16.1 Å². The average Bonchev–Trinajstić information content (AvgIpc) is 2.21. The molecule has 1 aromatic rings. The molecule has 7 heteroatoms. The van der Waals surface area contributed by atoms with Crippen LogP contribution < -0.4 is 4.72 Å². The van der Waals surface area contributed by atoms with Crippen LogP contribution in [-0.4, -0.2) is 14.5 Å². The van der Waals surface area contributed by atoms with Crippen molar-refractivity contribution in [1.29, 1.82) is 5.26 Å². The van der Waals surface area contributed by atoms with Gasteiger partial charge in [0.15, 0.2) is 0 Å². The average molecular weight is 293 g/mol. The van der Waals surface area contributed by atoms with Crippen molar-refractivity contribution >= 4 is 33.2 Å². The summed E-state index contributed by atoms with van der Waals surface area (Å²) in [4.78, 5) is 0.0247. The Hall–Kier alpha value is -0.800. The van der Waals surface area contributed by atoms with Crippen LogP contribution in [-0.2, 0) is 10.0 Å². The van der Waals surface area contributed by atoms with Crippen molar-refractivity contribution in [3.8, 4) is 6.07 Å². The van der Waals surface area contributed by atoms with Crippen molar-refractivity contribution in [2.45, 2.75) is 24.3 Å². The molecule has 1 unspecified atom stereocenters. The number of hydrogen-bond donors (Lipinski definition) is 1. The molecule has 0 radical (unpaired) electrons. The van der Waals surface area contributed by atoms with Crippen molar-refractivity contribution < 1.29 is 8.42 Å². The minimum atomic E-state index is -3.67. The van der Waals surface area contributed by atoms with Gasteiger partial charge in [0, 0.05) is 6.04 Å². The van der Waals surface area contributed by atoms with E-state index in [9.17, 15) is 8.42 Å². The number of benzene rings is 1. The summed E-state index contributed by atoms with van der Waals surface area (Å²) in [5, 5.41) is 8.92. The summed E-state index contributed by atoms with van der Waals surface area (Å²) in [6.07, 6.45) is 0.0978. The molecule has 0 bridgehead atoms. The lowest BCUT2D eigenvalue weighted by atomic mass is 10.3. The molecule has 1 aromatic carbocycles. The number of nitrogens with one attached hydrogen (secondary N) is 1. The third-order valence-corrected chi connectivity index (χ3v) is 4.28. The Morgan fingerprint density at radius 3 is 2.59 bits per heavy atom. The van der Waals surface area contributed by atoms with Crippen LogP contribution in [0.4, 0.5) is 0 Å². The van der Waals surface area contributed by atoms with Crippen LogP contribution >= 0.6 is 23.2 Å². The summed E-state index contributed by atoms with van der Waals surface area (Å²) in [5.41, 5.74) is 0. The van der Waals surface area contributed by atoms with E-state index in [1.807, 2.05) is 6.07 Å². The lowest BCUT2D eigenvalue weighted by molar-refractivity contribution is 0.563. The molecule has 4 nitrogen and oxygen atoms in total. The van der Waals surface area contributed by atoms with Gasteiger partial charge < -0.3 is 0 Å². The first-order valence-corrected chi connectivity index (χ1v) is 6.95. The summed E-state index contributed by atoms with van der Waals surface area (Å²) in [6.45, 7) is 1.61. The first-order valence-electron chi connectivity index (χ1n) is 4.71. The maximum absolute atomic E-state index is 11.9. The third kappa shape index (κ3) is 3.86. The highest BCUT2D eigenvalue weighted by Gasteiger charge is 2.18. The van der Waals surface area contributed by atoms with Gasteiger partial charge in [-0.25, -0.2) is 13.1 Å². The van der Waals surface area contributed by atoms with Crippen molar-refractivity contribution in [1.82, 2.24) is 4.72 Å². The predicted octanol–water partition coefficient (Wildman–Crippen LogP) is 2.57. The van der Waals surface area contributed by atoms with E-state index in [0.717, 1.165) is 0 Å². The summed E-state index contributed by atoms with van der Waals surface area (Å²) < 4.78 is 26.1. The number of nitrogens with zero attached hydrogens (tertiary/aromatic N) is 1. The van der Waals surface area contributed by atoms with E-state index >= 15 is 0 Å². The fourth-order valence-electron chi connectivity index (χ4n) is 1.16. The van der Waals surface area contributed by atoms with Gasteiger partial charge in [-0.15, -0.1) is 0 Å². The second-order valence-corrected chi connectivity index (χ2v) is 5.99. The molecule has 17 heavy (non-hydrogen) atoms. The van der Waals surface area contributed by atoms with Crippen LogP contribution in [0.2, 0.25) is 10.0 Å². The summed E-state index contributed by atoms with van der Waals surface area (Å²) in [7, 11) is -3.67. The minimum Gasteiger partial charge on any atom is -0.207 e. The normalized spacial score (nSPS) is 13.1. The Morgan fingerprint density at radius 2 is 2.06 bits per heavy atom. The lowest BCUT2D eigenvalue weighted by Gasteiger charge is -2.11. The molecule has 0 aliphatic carbocycles. The molecule has 0 aliphatic rings. The molecule has 0 heterocycles. The summed E-state index contributed by atoms with van der Waals surface area (Å²) in [6, 6.07) is 5.47. The molecule has 0 fully saturated rings. The van der Waals surface area contributed by atoms with Gasteiger partial charge in [-0.05, 0) is 25.1 Å². The van der Waals surface area contributed by atoms with Gasteiger partial charge in [-0.2, -0.15) is 5.26 Å². The minimum absolute atomic E-state index is 0.0247. The fourth-order valence-corrected chi connectivity index (χ4v) is 2.79. The van der Waals surface area contributed by atoms with Gasteiger partial charge in [0.25, 0.3) is 0 Å². The molecule has 0 spiro atoms. The molecular weight excluding hydrogens is 283 g/mol. The van der Waals surface area contributed by atoms with Crippen LogP contribution in [0.15, 0.2) is 23.1 Å². The highest BCUT2D eigenvalue weighted by atomic mass is 35.5. The largest absolute Gasteiger partial charge is 0.240 e. The van der Waals surface area contributed by atoms with Crippen molar-refractivity contribution in [2.24, 2.45) is 0 Å². The molecule has 1 rings (SSSR count). The Kier molecular flexibility index (Phi) is 4.78. The van der Waals surface area contributed by atoms with Gasteiger partial charge in [0.2, 0.25) is 10.0 Å². The summed E-state index contributed by atoms with van der Waals surface area (Å²) >= 11 is 11.4. The van der Waals surface area contributed by atoms with Gasteiger partial charge >= 0.3 is 0 Å². The number of halogens is 2. The van der Waals surface area contributed by atoms with Crippen LogP contribution in [0.5, 0.6) is 0 Å². The number of rotatable bonds is 4. The zero-order chi connectivity index (χ0) is 13.1. The number of hydrogen-bond acceptors (Lipinski definition) is 3. The molecule has 0 aliphatic heterocycles. The molecule has 0 aromatic heterocycles. The van der Waals surface area contributed by atoms with Gasteiger partial charge in [0.1, 0.15) is 0 Å². The Bertz CT molecular complexity index is 552. The molecular formula is C10H10Cl2N2O2S. The molecule has 92 valence electrons. The number of nitriles is 1. The van der Waals surface area contributed by atoms with Gasteiger partial charge in [0.05, 0.1) is 27.4 Å². The smallest absolute Gasteiger partial charge is 0.207 e. The predicted molar refractivity (Wildman–Crippen MR) is 66.5 cm³/mol. The zero-order valence-corrected chi connectivity index (χ0v) is 11.3. The highest BCUT2D eigenvalue weighted by molar-refractivity contribution is 7.89. The Labute approximate surface area is 110 Å². The van der Waals surface area contributed by atoms with E-state index in [-0.39, 0.29) is 21.4 Å². The Balaban J connectivity index is 2.98. The summed E-state index contributed by atoms with van der Waals surface area (Å²) in [5.74, 6) is 0. The quantitative estimate of drug-likeness (QED) is 0.927. The van der Waals surface area contributed by atoms with E-state index in [0.29, 0.717) is 0 Å². The van der Waals surface area contributed by atoms with Crippen molar-refractivity contribution in [3.63, 3.8) is 0 Å². The van der Waals surface area contributed by atoms with Crippen molar-refractivity contribution in [2.75, 3.05) is 0 Å². The standard InChI is InChI=1S/C10H10Cl2N2O2S/c1-7(4-5-13)14-17(15,16)8-2-3-9(11)10(12)6-8/h2-3,6-7,14H,4H2,1H3. The first-order chi connectivity index (χ1) is 7.86. The topological polar surface area (TPSA) is 70.0 Å². The Morgan fingerprint density at radius 1 is 1.41 bits per heavy atom. The molecule has 0 amide bonds. The zero-order valence-electron chi connectivity index (χ0n) is 8.94.